The zero-order chi connectivity index (χ0) is 24.7. The van der Waals surface area contributed by atoms with Crippen molar-refractivity contribution in [1.82, 2.24) is 21.3 Å². The predicted octanol–water partition coefficient (Wildman–Crippen LogP) is 2.22. The molecule has 1 amide bonds. The summed E-state index contributed by atoms with van der Waals surface area (Å²) in [5.74, 6) is 0.920. The minimum Gasteiger partial charge on any atom is -0.534 e. The van der Waals surface area contributed by atoms with Gasteiger partial charge in [-0.25, -0.2) is 0 Å². The molecule has 0 bridgehead atoms. The van der Waals surface area contributed by atoms with Gasteiger partial charge in [-0.05, 0) is 69.9 Å². The first-order valence-electron chi connectivity index (χ1n) is 12.5. The van der Waals surface area contributed by atoms with Crippen LogP contribution in [-0.4, -0.2) is 55.1 Å². The van der Waals surface area contributed by atoms with Crippen LogP contribution in [0.3, 0.4) is 0 Å². The zero-order valence-corrected chi connectivity index (χ0v) is 20.7. The number of nitrogens with one attached hydrogen (secondary N) is 5. The number of rotatable bonds is 9. The molecule has 0 spiro atoms. The lowest BCUT2D eigenvalue weighted by atomic mass is 9.72. The highest BCUT2D eigenvalue weighted by molar-refractivity contribution is 6.46. The van der Waals surface area contributed by atoms with Crippen molar-refractivity contribution in [2.24, 2.45) is 5.92 Å². The Hall–Kier alpha value is -2.52. The number of guanidine groups is 1. The SMILES string of the molecule is C=C(C)c1cccc2c1OB(O)[C@@H](NC(=O)C[C@H]1CC[C@H](NCCNC(=N)NC(C)C)CC1)C2. The molecule has 1 aliphatic carbocycles. The van der Waals surface area contributed by atoms with Crippen molar-refractivity contribution in [2.45, 2.75) is 77.3 Å². The van der Waals surface area contributed by atoms with Gasteiger partial charge in [0, 0.05) is 37.2 Å². The molecule has 1 aliphatic heterocycles. The van der Waals surface area contributed by atoms with Crippen LogP contribution in [0.15, 0.2) is 24.8 Å². The van der Waals surface area contributed by atoms with E-state index in [4.69, 9.17) is 10.1 Å². The fourth-order valence-electron chi connectivity index (χ4n) is 4.79. The quantitative estimate of drug-likeness (QED) is 0.143. The Morgan fingerprint density at radius 2 is 2.00 bits per heavy atom. The van der Waals surface area contributed by atoms with Crippen LogP contribution in [0.5, 0.6) is 5.75 Å². The fourth-order valence-corrected chi connectivity index (χ4v) is 4.79. The largest absolute Gasteiger partial charge is 0.547 e. The first-order valence-corrected chi connectivity index (χ1v) is 12.5. The van der Waals surface area contributed by atoms with Gasteiger partial charge in [0.1, 0.15) is 5.75 Å². The standard InChI is InChI=1S/C25H40BN5O3/c1-16(2)21-7-5-6-19-15-22(26(33)34-24(19)21)31-23(32)14-18-8-10-20(11-9-18)28-12-13-29-25(27)30-17(3)4/h5-7,17-18,20,22,28,33H,1,8-15H2,2-4H3,(H,31,32)(H3,27,29,30)/t18-,20-,22-/m0/s1. The number of amides is 1. The fraction of sp³-hybridized carbons (Fsp3) is 0.600. The lowest BCUT2D eigenvalue weighted by molar-refractivity contribution is -0.122. The van der Waals surface area contributed by atoms with Crippen molar-refractivity contribution >= 4 is 24.6 Å². The Labute approximate surface area is 204 Å². The second-order valence-electron chi connectivity index (χ2n) is 9.94. The van der Waals surface area contributed by atoms with E-state index in [1.807, 2.05) is 39.0 Å². The number of carbonyl (C=O) groups is 1. The first-order chi connectivity index (χ1) is 16.2. The molecule has 8 nitrogen and oxygen atoms in total. The van der Waals surface area contributed by atoms with Crippen LogP contribution < -0.4 is 25.9 Å². The molecule has 1 atom stereocenters. The number of carbonyl (C=O) groups excluding carboxylic acids is 1. The third kappa shape index (κ3) is 7.50. The van der Waals surface area contributed by atoms with Crippen molar-refractivity contribution in [3.63, 3.8) is 0 Å². The summed E-state index contributed by atoms with van der Waals surface area (Å²) in [6.07, 6.45) is 5.14. The van der Waals surface area contributed by atoms with E-state index in [0.717, 1.165) is 48.9 Å². The van der Waals surface area contributed by atoms with Gasteiger partial charge < -0.3 is 30.9 Å². The highest BCUT2D eigenvalue weighted by atomic mass is 16.5. The van der Waals surface area contributed by atoms with Gasteiger partial charge in [-0.3, -0.25) is 10.2 Å². The van der Waals surface area contributed by atoms with Crippen LogP contribution in [0.25, 0.3) is 5.57 Å². The van der Waals surface area contributed by atoms with Gasteiger partial charge in [0.05, 0.1) is 5.94 Å². The average Bonchev–Trinajstić information content (AvgIpc) is 2.77. The molecule has 9 heteroatoms. The predicted molar refractivity (Wildman–Crippen MR) is 138 cm³/mol. The Bertz CT molecular complexity index is 870. The maximum Gasteiger partial charge on any atom is 0.547 e. The third-order valence-corrected chi connectivity index (χ3v) is 6.54. The summed E-state index contributed by atoms with van der Waals surface area (Å²) in [6.45, 7) is 11.4. The molecule has 3 rings (SSSR count). The Morgan fingerprint density at radius 3 is 2.68 bits per heavy atom. The number of hydrogen-bond donors (Lipinski definition) is 6. The molecule has 34 heavy (non-hydrogen) atoms. The lowest BCUT2D eigenvalue weighted by Gasteiger charge is -2.31. The molecule has 0 radical (unpaired) electrons. The van der Waals surface area contributed by atoms with Gasteiger partial charge in [-0.1, -0.05) is 24.8 Å². The Kier molecular flexibility index (Phi) is 9.41. The summed E-state index contributed by atoms with van der Waals surface area (Å²) in [5, 5.41) is 30.9. The van der Waals surface area contributed by atoms with Crippen molar-refractivity contribution in [3.05, 3.63) is 35.9 Å². The number of hydrogen-bond acceptors (Lipinski definition) is 5. The molecule has 0 saturated heterocycles. The Morgan fingerprint density at radius 1 is 1.26 bits per heavy atom. The zero-order valence-electron chi connectivity index (χ0n) is 20.7. The van der Waals surface area contributed by atoms with E-state index in [2.05, 4.69) is 27.8 Å². The molecule has 1 aromatic rings. The molecule has 6 N–H and O–H groups in total. The maximum atomic E-state index is 12.7. The van der Waals surface area contributed by atoms with Gasteiger partial charge in [-0.2, -0.15) is 0 Å². The van der Waals surface area contributed by atoms with Gasteiger partial charge in [0.25, 0.3) is 0 Å². The minimum absolute atomic E-state index is 0.0241. The van der Waals surface area contributed by atoms with Crippen LogP contribution in [0, 0.1) is 11.3 Å². The van der Waals surface area contributed by atoms with Crippen molar-refractivity contribution in [2.75, 3.05) is 13.1 Å². The van der Waals surface area contributed by atoms with E-state index in [1.54, 1.807) is 0 Å². The molecule has 1 saturated carbocycles. The van der Waals surface area contributed by atoms with Crippen LogP contribution >= 0.6 is 0 Å². The van der Waals surface area contributed by atoms with Gasteiger partial charge in [-0.15, -0.1) is 0 Å². The smallest absolute Gasteiger partial charge is 0.534 e. The summed E-state index contributed by atoms with van der Waals surface area (Å²) in [6, 6.07) is 6.57. The third-order valence-electron chi connectivity index (χ3n) is 6.54. The van der Waals surface area contributed by atoms with Crippen LogP contribution in [0.2, 0.25) is 0 Å². The summed E-state index contributed by atoms with van der Waals surface area (Å²) in [7, 11) is -1.07. The monoisotopic (exact) mass is 469 g/mol. The summed E-state index contributed by atoms with van der Waals surface area (Å²) in [4.78, 5) is 12.7. The number of para-hydroxylation sites is 1. The molecule has 1 aromatic carbocycles. The van der Waals surface area contributed by atoms with E-state index in [9.17, 15) is 9.82 Å². The van der Waals surface area contributed by atoms with Gasteiger partial charge >= 0.3 is 7.12 Å². The minimum atomic E-state index is -1.07. The molecule has 1 fully saturated rings. The highest BCUT2D eigenvalue weighted by Gasteiger charge is 2.37. The summed E-state index contributed by atoms with van der Waals surface area (Å²) < 4.78 is 5.77. The Balaban J connectivity index is 1.37. The second-order valence-corrected chi connectivity index (χ2v) is 9.94. The van der Waals surface area contributed by atoms with Gasteiger partial charge in [0.15, 0.2) is 5.96 Å². The van der Waals surface area contributed by atoms with Crippen LogP contribution in [0.1, 0.15) is 64.0 Å². The molecule has 2 aliphatic rings. The van der Waals surface area contributed by atoms with Crippen LogP contribution in [0.4, 0.5) is 0 Å². The molecule has 186 valence electrons. The van der Waals surface area contributed by atoms with Crippen molar-refractivity contribution in [3.8, 4) is 5.75 Å². The normalized spacial score (nSPS) is 21.9. The number of benzene rings is 1. The molecular weight excluding hydrogens is 429 g/mol. The molecule has 0 unspecified atom stereocenters. The van der Waals surface area contributed by atoms with E-state index >= 15 is 0 Å². The highest BCUT2D eigenvalue weighted by Crippen LogP contribution is 2.33. The lowest BCUT2D eigenvalue weighted by Crippen LogP contribution is -2.53. The van der Waals surface area contributed by atoms with Gasteiger partial charge in [0.2, 0.25) is 5.91 Å². The molecule has 1 heterocycles. The van der Waals surface area contributed by atoms with E-state index in [0.29, 0.717) is 43.1 Å². The number of allylic oxidation sites excluding steroid dienone is 1. The molecule has 0 aromatic heterocycles. The number of fused-ring (bicyclic) bond motifs is 1. The van der Waals surface area contributed by atoms with E-state index in [-0.39, 0.29) is 11.9 Å². The maximum absolute atomic E-state index is 12.7. The first kappa shape index (κ1) is 26.1. The molecular formula is C25H40BN5O3. The average molecular weight is 469 g/mol. The second kappa shape index (κ2) is 12.3. The van der Waals surface area contributed by atoms with E-state index < -0.39 is 13.1 Å². The summed E-state index contributed by atoms with van der Waals surface area (Å²) in [5.41, 5.74) is 2.76. The van der Waals surface area contributed by atoms with E-state index in [1.165, 1.54) is 0 Å². The van der Waals surface area contributed by atoms with Crippen molar-refractivity contribution in [1.29, 1.82) is 5.41 Å². The topological polar surface area (TPSA) is 118 Å². The van der Waals surface area contributed by atoms with Crippen molar-refractivity contribution < 1.29 is 14.5 Å². The van der Waals surface area contributed by atoms with Crippen LogP contribution in [-0.2, 0) is 11.2 Å². The summed E-state index contributed by atoms with van der Waals surface area (Å²) >= 11 is 0.